The van der Waals surface area contributed by atoms with E-state index in [9.17, 15) is 0 Å². The lowest BCUT2D eigenvalue weighted by Gasteiger charge is -2.09. The number of fused-ring (bicyclic) bond motifs is 1. The third kappa shape index (κ3) is 2.71. The first-order valence-electron chi connectivity index (χ1n) is 5.33. The number of thioether (sulfide) groups is 1. The molecule has 0 amide bonds. The van der Waals surface area contributed by atoms with Gasteiger partial charge < -0.3 is 10.9 Å². The summed E-state index contributed by atoms with van der Waals surface area (Å²) in [5, 5.41) is 14.0. The first-order chi connectivity index (χ1) is 8.20. The highest BCUT2D eigenvalue weighted by molar-refractivity contribution is 8.00. The summed E-state index contributed by atoms with van der Waals surface area (Å²) in [5.74, 6) is 0.239. The molecule has 2 aromatic carbocycles. The quantitative estimate of drug-likeness (QED) is 0.288. The minimum Gasteiger partial charge on any atom is -0.409 e. The molecule has 4 heteroatoms. The van der Waals surface area contributed by atoms with Gasteiger partial charge >= 0.3 is 0 Å². The fourth-order valence-electron chi connectivity index (χ4n) is 1.59. The summed E-state index contributed by atoms with van der Waals surface area (Å²) >= 11 is 1.58. The van der Waals surface area contributed by atoms with E-state index in [1.807, 2.05) is 25.1 Å². The Morgan fingerprint density at radius 2 is 1.94 bits per heavy atom. The Hall–Kier alpha value is -1.68. The highest BCUT2D eigenvalue weighted by Crippen LogP contribution is 2.26. The Kier molecular flexibility index (Phi) is 3.54. The monoisotopic (exact) mass is 246 g/mol. The van der Waals surface area contributed by atoms with Gasteiger partial charge in [-0.15, -0.1) is 11.8 Å². The number of rotatable bonds is 3. The van der Waals surface area contributed by atoms with Crippen LogP contribution in [0.25, 0.3) is 10.8 Å². The smallest absolute Gasteiger partial charge is 0.152 e. The zero-order valence-electron chi connectivity index (χ0n) is 9.50. The van der Waals surface area contributed by atoms with Crippen molar-refractivity contribution in [1.82, 2.24) is 0 Å². The average Bonchev–Trinajstić information content (AvgIpc) is 2.37. The molecule has 0 spiro atoms. The molecule has 0 radical (unpaired) electrons. The van der Waals surface area contributed by atoms with Gasteiger partial charge in [-0.3, -0.25) is 0 Å². The first-order valence-corrected chi connectivity index (χ1v) is 6.21. The zero-order chi connectivity index (χ0) is 12.3. The molecule has 17 heavy (non-hydrogen) atoms. The maximum atomic E-state index is 8.60. The van der Waals surface area contributed by atoms with E-state index in [4.69, 9.17) is 10.9 Å². The molecule has 0 saturated carbocycles. The molecule has 2 aromatic rings. The van der Waals surface area contributed by atoms with E-state index >= 15 is 0 Å². The number of hydrogen-bond acceptors (Lipinski definition) is 3. The number of nitrogens with two attached hydrogens (primary N) is 1. The van der Waals surface area contributed by atoms with Crippen LogP contribution in [0.2, 0.25) is 0 Å². The minimum atomic E-state index is -0.0406. The van der Waals surface area contributed by atoms with Crippen LogP contribution in [0, 0.1) is 0 Å². The molecule has 0 heterocycles. The van der Waals surface area contributed by atoms with Gasteiger partial charge in [0, 0.05) is 4.90 Å². The molecular formula is C13H14N2OS. The van der Waals surface area contributed by atoms with Crippen molar-refractivity contribution in [3.8, 4) is 0 Å². The van der Waals surface area contributed by atoms with Crippen molar-refractivity contribution in [1.29, 1.82) is 0 Å². The Morgan fingerprint density at radius 3 is 2.65 bits per heavy atom. The summed E-state index contributed by atoms with van der Waals surface area (Å²) < 4.78 is 0. The summed E-state index contributed by atoms with van der Waals surface area (Å²) in [5.41, 5.74) is 5.56. The molecule has 0 saturated heterocycles. The topological polar surface area (TPSA) is 58.6 Å². The third-order valence-corrected chi connectivity index (χ3v) is 3.69. The van der Waals surface area contributed by atoms with E-state index in [2.05, 4.69) is 29.4 Å². The van der Waals surface area contributed by atoms with Crippen molar-refractivity contribution in [3.63, 3.8) is 0 Å². The summed E-state index contributed by atoms with van der Waals surface area (Å²) in [4.78, 5) is 1.11. The Balaban J connectivity index is 2.25. The van der Waals surface area contributed by atoms with Crippen LogP contribution in [0.15, 0.2) is 52.5 Å². The molecule has 0 bridgehead atoms. The minimum absolute atomic E-state index is 0.0406. The highest BCUT2D eigenvalue weighted by Gasteiger charge is 2.09. The third-order valence-electron chi connectivity index (χ3n) is 2.57. The molecule has 1 atom stereocenters. The zero-order valence-corrected chi connectivity index (χ0v) is 10.3. The lowest BCUT2D eigenvalue weighted by Crippen LogP contribution is -2.23. The van der Waals surface area contributed by atoms with E-state index in [1.165, 1.54) is 10.8 Å². The van der Waals surface area contributed by atoms with Crippen LogP contribution in [-0.4, -0.2) is 16.3 Å². The van der Waals surface area contributed by atoms with Gasteiger partial charge in [-0.1, -0.05) is 35.5 Å². The average molecular weight is 246 g/mol. The van der Waals surface area contributed by atoms with E-state index in [1.54, 1.807) is 11.8 Å². The molecule has 2 rings (SSSR count). The predicted molar refractivity (Wildman–Crippen MR) is 72.7 cm³/mol. The lowest BCUT2D eigenvalue weighted by atomic mass is 10.1. The molecule has 0 aliphatic rings. The van der Waals surface area contributed by atoms with Crippen molar-refractivity contribution in [2.45, 2.75) is 17.1 Å². The van der Waals surface area contributed by atoms with E-state index in [0.717, 1.165) is 4.90 Å². The second kappa shape index (κ2) is 5.10. The van der Waals surface area contributed by atoms with Crippen LogP contribution >= 0.6 is 11.8 Å². The predicted octanol–water partition coefficient (Wildman–Crippen LogP) is 3.07. The normalized spacial score (nSPS) is 13.8. The maximum absolute atomic E-state index is 8.60. The SMILES string of the molecule is CC(Sc1ccc2ccccc2c1)C(N)=NO. The second-order valence-electron chi connectivity index (χ2n) is 3.79. The highest BCUT2D eigenvalue weighted by atomic mass is 32.2. The number of hydrogen-bond donors (Lipinski definition) is 2. The van der Waals surface area contributed by atoms with Crippen molar-refractivity contribution in [2.75, 3.05) is 0 Å². The number of benzene rings is 2. The molecule has 0 fully saturated rings. The molecule has 3 nitrogen and oxygen atoms in total. The first kappa shape index (κ1) is 11.8. The number of amidine groups is 1. The summed E-state index contributed by atoms with van der Waals surface area (Å²) in [6.07, 6.45) is 0. The van der Waals surface area contributed by atoms with Gasteiger partial charge in [-0.05, 0) is 29.8 Å². The van der Waals surface area contributed by atoms with Crippen LogP contribution in [0.5, 0.6) is 0 Å². The molecule has 0 aliphatic carbocycles. The lowest BCUT2D eigenvalue weighted by molar-refractivity contribution is 0.317. The van der Waals surface area contributed by atoms with E-state index < -0.39 is 0 Å². The van der Waals surface area contributed by atoms with Gasteiger partial charge in [0.1, 0.15) is 0 Å². The number of oxime groups is 1. The standard InChI is InChI=1S/C13H14N2OS/c1-9(13(14)15-16)17-12-7-6-10-4-2-3-5-11(10)8-12/h2-9,16H,1H3,(H2,14,15). The van der Waals surface area contributed by atoms with Crippen molar-refractivity contribution >= 4 is 28.4 Å². The maximum Gasteiger partial charge on any atom is 0.152 e. The Morgan fingerprint density at radius 1 is 1.24 bits per heavy atom. The fraction of sp³-hybridized carbons (Fsp3) is 0.154. The van der Waals surface area contributed by atoms with Crippen LogP contribution in [0.1, 0.15) is 6.92 Å². The molecule has 0 aliphatic heterocycles. The number of nitrogens with zero attached hydrogens (tertiary/aromatic N) is 1. The van der Waals surface area contributed by atoms with Gasteiger partial charge in [-0.2, -0.15) is 0 Å². The van der Waals surface area contributed by atoms with Crippen molar-refractivity contribution in [2.24, 2.45) is 10.9 Å². The van der Waals surface area contributed by atoms with Crippen LogP contribution in [0.4, 0.5) is 0 Å². The van der Waals surface area contributed by atoms with E-state index in [-0.39, 0.29) is 11.1 Å². The summed E-state index contributed by atoms with van der Waals surface area (Å²) in [6, 6.07) is 14.4. The van der Waals surface area contributed by atoms with Gasteiger partial charge in [0.25, 0.3) is 0 Å². The van der Waals surface area contributed by atoms with Crippen molar-refractivity contribution < 1.29 is 5.21 Å². The summed E-state index contributed by atoms with van der Waals surface area (Å²) in [7, 11) is 0. The Bertz CT molecular complexity index is 554. The van der Waals surface area contributed by atoms with Gasteiger partial charge in [-0.25, -0.2) is 0 Å². The fourth-order valence-corrected chi connectivity index (χ4v) is 2.50. The van der Waals surface area contributed by atoms with Crippen molar-refractivity contribution in [3.05, 3.63) is 42.5 Å². The van der Waals surface area contributed by atoms with E-state index in [0.29, 0.717) is 0 Å². The second-order valence-corrected chi connectivity index (χ2v) is 5.21. The largest absolute Gasteiger partial charge is 0.409 e. The van der Waals surface area contributed by atoms with Gasteiger partial charge in [0.15, 0.2) is 5.84 Å². The summed E-state index contributed by atoms with van der Waals surface area (Å²) in [6.45, 7) is 1.91. The van der Waals surface area contributed by atoms with Gasteiger partial charge in [0.05, 0.1) is 5.25 Å². The van der Waals surface area contributed by atoms with Gasteiger partial charge in [0.2, 0.25) is 0 Å². The Labute approximate surface area is 104 Å². The van der Waals surface area contributed by atoms with Crippen LogP contribution in [0.3, 0.4) is 0 Å². The molecule has 88 valence electrons. The molecular weight excluding hydrogens is 232 g/mol. The van der Waals surface area contributed by atoms with Crippen LogP contribution < -0.4 is 5.73 Å². The molecule has 0 aromatic heterocycles. The molecule has 1 unspecified atom stereocenters. The molecule has 3 N–H and O–H groups in total. The van der Waals surface area contributed by atoms with Crippen LogP contribution in [-0.2, 0) is 0 Å².